The van der Waals surface area contributed by atoms with Crippen LogP contribution in [0.25, 0.3) is 6.08 Å². The minimum absolute atomic E-state index is 0.0407. The molecule has 31 heavy (non-hydrogen) atoms. The maximum atomic E-state index is 13.0. The number of carboxylic acid groups (broad SMARTS) is 1. The molecule has 0 aromatic heterocycles. The summed E-state index contributed by atoms with van der Waals surface area (Å²) in [5, 5.41) is 10.5. The molecule has 5 nitrogen and oxygen atoms in total. The van der Waals surface area contributed by atoms with Gasteiger partial charge in [0.15, 0.2) is 0 Å². The Labute approximate surface area is 190 Å². The van der Waals surface area contributed by atoms with Crippen molar-refractivity contribution in [2.24, 2.45) is 10.9 Å². The fourth-order valence-electron chi connectivity index (χ4n) is 3.64. The summed E-state index contributed by atoms with van der Waals surface area (Å²) in [6, 6.07) is 14.4. The summed E-state index contributed by atoms with van der Waals surface area (Å²) in [6.07, 6.45) is 3.57. The standard InChI is InChI=1S/C24H21Cl2NO4/c1-14-20(23(28)29)22(17-10-11-18(25)19(26)13-17)21(15(2)27-14)24(30)31-12-6-9-16-7-4-3-5-8-16/h3-11,13,20,22H,12H2,1-2H3,(H,28,29). The van der Waals surface area contributed by atoms with Gasteiger partial charge < -0.3 is 9.84 Å². The second-order valence-electron chi connectivity index (χ2n) is 7.13. The molecule has 1 aliphatic rings. The van der Waals surface area contributed by atoms with Gasteiger partial charge in [-0.05, 0) is 43.2 Å². The predicted octanol–water partition coefficient (Wildman–Crippen LogP) is 5.78. The summed E-state index contributed by atoms with van der Waals surface area (Å²) in [5.74, 6) is -3.52. The lowest BCUT2D eigenvalue weighted by Crippen LogP contribution is -2.35. The van der Waals surface area contributed by atoms with Gasteiger partial charge in [-0.25, -0.2) is 4.79 Å². The van der Waals surface area contributed by atoms with E-state index in [1.807, 2.05) is 36.4 Å². The van der Waals surface area contributed by atoms with E-state index in [9.17, 15) is 14.7 Å². The summed E-state index contributed by atoms with van der Waals surface area (Å²) in [6.45, 7) is 3.35. The number of carbonyl (C=O) groups is 2. The predicted molar refractivity (Wildman–Crippen MR) is 123 cm³/mol. The zero-order valence-corrected chi connectivity index (χ0v) is 18.5. The summed E-state index contributed by atoms with van der Waals surface area (Å²) >= 11 is 12.2. The van der Waals surface area contributed by atoms with E-state index >= 15 is 0 Å². The molecule has 0 saturated carbocycles. The highest BCUT2D eigenvalue weighted by Gasteiger charge is 2.41. The average molecular weight is 458 g/mol. The van der Waals surface area contributed by atoms with Crippen molar-refractivity contribution in [3.63, 3.8) is 0 Å². The first-order chi connectivity index (χ1) is 14.8. The van der Waals surface area contributed by atoms with Crippen LogP contribution in [0.5, 0.6) is 0 Å². The molecule has 0 fully saturated rings. The van der Waals surface area contributed by atoms with Crippen LogP contribution in [0.15, 0.2) is 70.9 Å². The SMILES string of the molecule is CC1=NC(C)=C(C(=O)OCC=Cc2ccccc2)C(c2ccc(Cl)c(Cl)c2)C1C(=O)O. The molecule has 0 bridgehead atoms. The molecule has 0 aliphatic carbocycles. The quantitative estimate of drug-likeness (QED) is 0.557. The fourth-order valence-corrected chi connectivity index (χ4v) is 3.94. The van der Waals surface area contributed by atoms with Gasteiger partial charge in [-0.15, -0.1) is 0 Å². The number of aliphatic imine (C=N–C) groups is 1. The number of ether oxygens (including phenoxy) is 1. The van der Waals surface area contributed by atoms with E-state index < -0.39 is 23.8 Å². The first-order valence-corrected chi connectivity index (χ1v) is 10.4. The van der Waals surface area contributed by atoms with Crippen molar-refractivity contribution in [1.29, 1.82) is 0 Å². The van der Waals surface area contributed by atoms with Crippen molar-refractivity contribution >= 4 is 46.9 Å². The first kappa shape index (κ1) is 22.8. The number of allylic oxidation sites excluding steroid dienone is 1. The molecule has 3 rings (SSSR count). The van der Waals surface area contributed by atoms with E-state index in [0.29, 0.717) is 22.0 Å². The number of hydrogen-bond acceptors (Lipinski definition) is 4. The van der Waals surface area contributed by atoms with Crippen LogP contribution in [0, 0.1) is 5.92 Å². The number of carbonyl (C=O) groups excluding carboxylic acids is 1. The highest BCUT2D eigenvalue weighted by atomic mass is 35.5. The lowest BCUT2D eigenvalue weighted by atomic mass is 9.75. The van der Waals surface area contributed by atoms with Gasteiger partial charge in [0, 0.05) is 17.3 Å². The summed E-state index contributed by atoms with van der Waals surface area (Å²) in [5.41, 5.74) is 2.56. The van der Waals surface area contributed by atoms with Crippen molar-refractivity contribution in [2.75, 3.05) is 6.61 Å². The van der Waals surface area contributed by atoms with Crippen LogP contribution in [0.4, 0.5) is 0 Å². The van der Waals surface area contributed by atoms with Gasteiger partial charge in [0.25, 0.3) is 0 Å². The van der Waals surface area contributed by atoms with Crippen LogP contribution >= 0.6 is 23.2 Å². The molecule has 2 atom stereocenters. The van der Waals surface area contributed by atoms with E-state index in [1.54, 1.807) is 38.1 Å². The van der Waals surface area contributed by atoms with E-state index in [2.05, 4.69) is 4.99 Å². The Morgan fingerprint density at radius 1 is 1.10 bits per heavy atom. The summed E-state index contributed by atoms with van der Waals surface area (Å²) in [7, 11) is 0. The minimum atomic E-state index is -1.08. The molecular weight excluding hydrogens is 437 g/mol. The lowest BCUT2D eigenvalue weighted by molar-refractivity contribution is -0.140. The highest BCUT2D eigenvalue weighted by Crippen LogP contribution is 2.41. The molecule has 0 saturated heterocycles. The van der Waals surface area contributed by atoms with Crippen molar-refractivity contribution in [2.45, 2.75) is 19.8 Å². The third-order valence-corrected chi connectivity index (χ3v) is 5.78. The zero-order valence-electron chi connectivity index (χ0n) is 17.0. The molecule has 1 N–H and O–H groups in total. The molecule has 1 heterocycles. The van der Waals surface area contributed by atoms with Crippen molar-refractivity contribution in [3.05, 3.63) is 87.0 Å². The second kappa shape index (κ2) is 9.94. The van der Waals surface area contributed by atoms with Crippen LogP contribution < -0.4 is 0 Å². The number of esters is 1. The molecule has 7 heteroatoms. The maximum Gasteiger partial charge on any atom is 0.336 e. The second-order valence-corrected chi connectivity index (χ2v) is 7.95. The Morgan fingerprint density at radius 2 is 1.81 bits per heavy atom. The number of hydrogen-bond donors (Lipinski definition) is 1. The maximum absolute atomic E-state index is 13.0. The number of halogens is 2. The van der Waals surface area contributed by atoms with Gasteiger partial charge in [0.2, 0.25) is 0 Å². The average Bonchev–Trinajstić information content (AvgIpc) is 2.73. The Bertz CT molecular complexity index is 1090. The lowest BCUT2D eigenvalue weighted by Gasteiger charge is -2.30. The number of nitrogens with zero attached hydrogens (tertiary/aromatic N) is 1. The van der Waals surface area contributed by atoms with Gasteiger partial charge >= 0.3 is 11.9 Å². The van der Waals surface area contributed by atoms with E-state index in [0.717, 1.165) is 5.56 Å². The van der Waals surface area contributed by atoms with Gasteiger partial charge in [0.1, 0.15) is 12.5 Å². The van der Waals surface area contributed by atoms with Gasteiger partial charge in [-0.3, -0.25) is 9.79 Å². The molecule has 2 unspecified atom stereocenters. The molecule has 0 amide bonds. The topological polar surface area (TPSA) is 76.0 Å². The van der Waals surface area contributed by atoms with Gasteiger partial charge in [-0.1, -0.05) is 65.7 Å². The monoisotopic (exact) mass is 457 g/mol. The third-order valence-electron chi connectivity index (χ3n) is 5.04. The molecule has 2 aromatic rings. The van der Waals surface area contributed by atoms with Crippen LogP contribution in [-0.2, 0) is 14.3 Å². The normalized spacial score (nSPS) is 18.8. The summed E-state index contributed by atoms with van der Waals surface area (Å²) < 4.78 is 5.44. The van der Waals surface area contributed by atoms with Crippen LogP contribution in [0.1, 0.15) is 30.9 Å². The Morgan fingerprint density at radius 3 is 2.45 bits per heavy atom. The minimum Gasteiger partial charge on any atom is -0.481 e. The van der Waals surface area contributed by atoms with E-state index in [1.165, 1.54) is 0 Å². The van der Waals surface area contributed by atoms with Crippen LogP contribution in [0.3, 0.4) is 0 Å². The van der Waals surface area contributed by atoms with Crippen molar-refractivity contribution in [1.82, 2.24) is 0 Å². The Balaban J connectivity index is 1.90. The van der Waals surface area contributed by atoms with E-state index in [4.69, 9.17) is 27.9 Å². The van der Waals surface area contributed by atoms with Crippen LogP contribution in [0.2, 0.25) is 10.0 Å². The molecule has 160 valence electrons. The van der Waals surface area contributed by atoms with Gasteiger partial charge in [-0.2, -0.15) is 0 Å². The fraction of sp³-hybridized carbons (Fsp3) is 0.208. The van der Waals surface area contributed by atoms with Crippen molar-refractivity contribution < 1.29 is 19.4 Å². The Hall–Kier alpha value is -2.89. The highest BCUT2D eigenvalue weighted by molar-refractivity contribution is 6.42. The largest absolute Gasteiger partial charge is 0.481 e. The molecule has 0 spiro atoms. The molecule has 1 aliphatic heterocycles. The van der Waals surface area contributed by atoms with Crippen molar-refractivity contribution in [3.8, 4) is 0 Å². The summed E-state index contributed by atoms with van der Waals surface area (Å²) in [4.78, 5) is 29.4. The van der Waals surface area contributed by atoms with Gasteiger partial charge in [0.05, 0.1) is 15.6 Å². The number of carboxylic acids is 1. The van der Waals surface area contributed by atoms with E-state index in [-0.39, 0.29) is 17.2 Å². The number of aliphatic carboxylic acids is 1. The van der Waals surface area contributed by atoms with Crippen LogP contribution in [-0.4, -0.2) is 29.4 Å². The molecular formula is C24H21Cl2NO4. The molecule has 2 aromatic carbocycles. The molecule has 0 radical (unpaired) electrons. The third kappa shape index (κ3) is 5.24. The Kier molecular flexibility index (Phi) is 7.31. The first-order valence-electron chi connectivity index (χ1n) is 9.62. The number of benzene rings is 2. The zero-order chi connectivity index (χ0) is 22.5. The number of rotatable bonds is 6. The smallest absolute Gasteiger partial charge is 0.336 e.